The van der Waals surface area contributed by atoms with Gasteiger partial charge in [0.05, 0.1) is 33.1 Å². The number of ether oxygens (including phenoxy) is 6. The lowest BCUT2D eigenvalue weighted by Gasteiger charge is -2.21. The zero-order chi connectivity index (χ0) is 31.9. The molecule has 4 aromatic rings. The quantitative estimate of drug-likeness (QED) is 0.151. The van der Waals surface area contributed by atoms with Gasteiger partial charge in [-0.3, -0.25) is 4.79 Å². The van der Waals surface area contributed by atoms with E-state index in [2.05, 4.69) is 6.07 Å². The number of anilines is 1. The Morgan fingerprint density at radius 2 is 1.30 bits per heavy atom. The van der Waals surface area contributed by atoms with Crippen molar-refractivity contribution < 1.29 is 33.2 Å². The van der Waals surface area contributed by atoms with Gasteiger partial charge in [-0.2, -0.15) is 0 Å². The van der Waals surface area contributed by atoms with Crippen molar-refractivity contribution in [1.29, 1.82) is 0 Å². The minimum Gasteiger partial charge on any atom is -0.497 e. The average molecular weight is 624 g/mol. The lowest BCUT2D eigenvalue weighted by atomic mass is 9.98. The van der Waals surface area contributed by atoms with Crippen molar-refractivity contribution in [3.63, 3.8) is 0 Å². The van der Waals surface area contributed by atoms with Crippen molar-refractivity contribution in [2.24, 2.45) is 0 Å². The molecule has 8 heteroatoms. The summed E-state index contributed by atoms with van der Waals surface area (Å²) < 4.78 is 35.2. The van der Waals surface area contributed by atoms with E-state index in [0.29, 0.717) is 37.7 Å². The van der Waals surface area contributed by atoms with Crippen LogP contribution in [0.3, 0.4) is 0 Å². The highest BCUT2D eigenvalue weighted by Gasteiger charge is 2.33. The van der Waals surface area contributed by atoms with Crippen LogP contribution in [0.25, 0.3) is 0 Å². The molecule has 0 radical (unpaired) electrons. The molecule has 1 aliphatic heterocycles. The summed E-state index contributed by atoms with van der Waals surface area (Å²) >= 11 is 0. The van der Waals surface area contributed by atoms with Crippen LogP contribution in [0.5, 0.6) is 34.5 Å². The molecular weight excluding hydrogens is 582 g/mol. The molecule has 1 aliphatic carbocycles. The molecule has 8 nitrogen and oxygen atoms in total. The molecule has 46 heavy (non-hydrogen) atoms. The first-order valence-electron chi connectivity index (χ1n) is 15.8. The van der Waals surface area contributed by atoms with Crippen LogP contribution in [0, 0.1) is 0 Å². The van der Waals surface area contributed by atoms with E-state index in [1.807, 2.05) is 83.8 Å². The maximum atomic E-state index is 13.5. The van der Waals surface area contributed by atoms with Gasteiger partial charge in [0, 0.05) is 37.1 Å². The van der Waals surface area contributed by atoms with E-state index in [1.54, 1.807) is 21.3 Å². The van der Waals surface area contributed by atoms with Crippen LogP contribution in [-0.2, 0) is 18.0 Å². The Labute approximate surface area is 270 Å². The predicted molar refractivity (Wildman–Crippen MR) is 177 cm³/mol. The van der Waals surface area contributed by atoms with Crippen LogP contribution in [-0.4, -0.2) is 39.9 Å². The molecular formula is C38H41NO7. The number of rotatable bonds is 13. The maximum absolute atomic E-state index is 13.5. The number of carbonyl (C=O) groups is 1. The van der Waals surface area contributed by atoms with Gasteiger partial charge in [-0.05, 0) is 78.8 Å². The van der Waals surface area contributed by atoms with E-state index in [4.69, 9.17) is 28.4 Å². The first kappa shape index (κ1) is 31.1. The van der Waals surface area contributed by atoms with Gasteiger partial charge in [-0.15, -0.1) is 0 Å². The highest BCUT2D eigenvalue weighted by Crippen LogP contribution is 2.40. The predicted octanol–water partition coefficient (Wildman–Crippen LogP) is 7.71. The second kappa shape index (κ2) is 14.5. The molecule has 0 bridgehead atoms. The third kappa shape index (κ3) is 7.50. The average Bonchev–Trinajstić information content (AvgIpc) is 3.76. The van der Waals surface area contributed by atoms with E-state index in [0.717, 1.165) is 58.2 Å². The highest BCUT2D eigenvalue weighted by atomic mass is 16.5. The number of amides is 1. The molecule has 1 heterocycles. The molecule has 2 fully saturated rings. The first-order valence-corrected chi connectivity index (χ1v) is 15.8. The van der Waals surface area contributed by atoms with Crippen molar-refractivity contribution >= 4 is 11.6 Å². The smallest absolute Gasteiger partial charge is 0.227 e. The fourth-order valence-corrected chi connectivity index (χ4v) is 6.14. The van der Waals surface area contributed by atoms with Gasteiger partial charge < -0.3 is 33.3 Å². The number of hydrogen-bond acceptors (Lipinski definition) is 7. The van der Waals surface area contributed by atoms with Crippen molar-refractivity contribution in [2.45, 2.75) is 57.3 Å². The number of nitrogens with zero attached hydrogens (tertiary/aromatic N) is 1. The third-order valence-electron chi connectivity index (χ3n) is 8.64. The van der Waals surface area contributed by atoms with Gasteiger partial charge in [-0.25, -0.2) is 0 Å². The summed E-state index contributed by atoms with van der Waals surface area (Å²) in [5.41, 5.74) is 3.73. The van der Waals surface area contributed by atoms with E-state index < -0.39 is 0 Å². The van der Waals surface area contributed by atoms with Crippen molar-refractivity contribution in [2.75, 3.05) is 32.8 Å². The molecule has 1 saturated heterocycles. The van der Waals surface area contributed by atoms with Gasteiger partial charge in [0.15, 0.2) is 11.5 Å². The molecule has 1 amide bonds. The largest absolute Gasteiger partial charge is 0.497 e. The monoisotopic (exact) mass is 623 g/mol. The summed E-state index contributed by atoms with van der Waals surface area (Å²) in [6.45, 7) is 1.20. The Morgan fingerprint density at radius 3 is 1.89 bits per heavy atom. The van der Waals surface area contributed by atoms with E-state index in [1.165, 1.54) is 12.8 Å². The van der Waals surface area contributed by atoms with Crippen LogP contribution in [0.4, 0.5) is 5.69 Å². The van der Waals surface area contributed by atoms with Crippen molar-refractivity contribution in [3.05, 3.63) is 102 Å². The molecule has 0 spiro atoms. The Morgan fingerprint density at radius 1 is 0.674 bits per heavy atom. The molecule has 1 atom stereocenters. The normalized spacial score (nSPS) is 16.4. The van der Waals surface area contributed by atoms with Gasteiger partial charge in [0.2, 0.25) is 5.91 Å². The zero-order valence-electron chi connectivity index (χ0n) is 26.7. The van der Waals surface area contributed by atoms with Crippen LogP contribution in [0.2, 0.25) is 0 Å². The Kier molecular flexibility index (Phi) is 9.82. The lowest BCUT2D eigenvalue weighted by molar-refractivity contribution is -0.117. The number of methoxy groups -OCH3 is 3. The second-order valence-electron chi connectivity index (χ2n) is 11.8. The summed E-state index contributed by atoms with van der Waals surface area (Å²) in [5.74, 6) is 4.26. The summed E-state index contributed by atoms with van der Waals surface area (Å²) in [5, 5.41) is 0. The van der Waals surface area contributed by atoms with Crippen molar-refractivity contribution in [3.8, 4) is 34.5 Å². The SMILES string of the molecule is COc1cccc(COc2cc(OCc3cccc(OC)c3)cc(N3CC(c4ccc(OC)c(OC5CCCC5)c4)CC3=O)c2)c1. The van der Waals surface area contributed by atoms with E-state index >= 15 is 0 Å². The van der Waals surface area contributed by atoms with Crippen LogP contribution >= 0.6 is 0 Å². The molecule has 4 aromatic carbocycles. The van der Waals surface area contributed by atoms with Gasteiger partial charge in [0.1, 0.15) is 36.2 Å². The zero-order valence-corrected chi connectivity index (χ0v) is 26.7. The minimum absolute atomic E-state index is 0.00634. The third-order valence-corrected chi connectivity index (χ3v) is 8.64. The standard InChI is InChI=1S/C38H41NO7/c1-41-32-12-6-8-26(16-32)24-44-34-20-30(21-35(22-34)45-25-27-9-7-13-33(17-27)42-2)39-23-29(19-38(39)40)28-14-15-36(43-3)37(18-28)46-31-10-4-5-11-31/h6-9,12-18,20-22,29,31H,4-5,10-11,19,23-25H2,1-3H3. The molecule has 2 aliphatic rings. The fraction of sp³-hybridized carbons (Fsp3) is 0.342. The minimum atomic E-state index is 0.00634. The fourth-order valence-electron chi connectivity index (χ4n) is 6.14. The van der Waals surface area contributed by atoms with E-state index in [-0.39, 0.29) is 17.9 Å². The Balaban J connectivity index is 1.23. The lowest BCUT2D eigenvalue weighted by Crippen LogP contribution is -2.24. The number of hydrogen-bond donors (Lipinski definition) is 0. The summed E-state index contributed by atoms with van der Waals surface area (Å²) in [6.07, 6.45) is 5.09. The van der Waals surface area contributed by atoms with Gasteiger partial charge in [-0.1, -0.05) is 30.3 Å². The van der Waals surface area contributed by atoms with Crippen LogP contribution in [0.1, 0.15) is 54.7 Å². The summed E-state index contributed by atoms with van der Waals surface area (Å²) in [4.78, 5) is 15.4. The molecule has 240 valence electrons. The van der Waals surface area contributed by atoms with Crippen LogP contribution in [0.15, 0.2) is 84.9 Å². The molecule has 0 aromatic heterocycles. The Bertz CT molecular complexity index is 1580. The molecule has 1 unspecified atom stereocenters. The number of benzene rings is 4. The van der Waals surface area contributed by atoms with E-state index in [9.17, 15) is 4.79 Å². The topological polar surface area (TPSA) is 75.7 Å². The highest BCUT2D eigenvalue weighted by molar-refractivity contribution is 5.97. The van der Waals surface area contributed by atoms with Gasteiger partial charge >= 0.3 is 0 Å². The Hall–Kier alpha value is -4.85. The molecule has 1 saturated carbocycles. The maximum Gasteiger partial charge on any atom is 0.227 e. The van der Waals surface area contributed by atoms with Gasteiger partial charge in [0.25, 0.3) is 0 Å². The number of carbonyl (C=O) groups excluding carboxylic acids is 1. The second-order valence-corrected chi connectivity index (χ2v) is 11.8. The first-order chi connectivity index (χ1) is 22.5. The summed E-state index contributed by atoms with van der Waals surface area (Å²) in [7, 11) is 4.95. The van der Waals surface area contributed by atoms with Crippen LogP contribution < -0.4 is 33.3 Å². The summed E-state index contributed by atoms with van der Waals surface area (Å²) in [6, 6.07) is 27.2. The molecule has 0 N–H and O–H groups in total. The molecule has 6 rings (SSSR count). The van der Waals surface area contributed by atoms with Crippen molar-refractivity contribution in [1.82, 2.24) is 0 Å².